The summed E-state index contributed by atoms with van der Waals surface area (Å²) in [6.07, 6.45) is 0. The molecular weight excluding hydrogens is 265 g/mol. The Morgan fingerprint density at radius 1 is 0.818 bits per heavy atom. The monoisotopic (exact) mass is 284 g/mol. The molecular formula is C6H18GeS2Si2. The van der Waals surface area contributed by atoms with Crippen molar-refractivity contribution in [2.24, 2.45) is 0 Å². The van der Waals surface area contributed by atoms with E-state index in [2.05, 4.69) is 56.8 Å². The van der Waals surface area contributed by atoms with Gasteiger partial charge in [0.25, 0.3) is 0 Å². The van der Waals surface area contributed by atoms with E-state index >= 15 is 0 Å². The van der Waals surface area contributed by atoms with Crippen LogP contribution in [0.2, 0.25) is 37.7 Å². The average molecular weight is 283 g/mol. The maximum atomic E-state index is 2.59. The van der Waals surface area contributed by atoms with Crippen LogP contribution in [-0.4, -0.2) is 24.5 Å². The van der Waals surface area contributed by atoms with Gasteiger partial charge in [-0.05, 0) is 0 Å². The van der Waals surface area contributed by atoms with E-state index < -0.39 is 24.5 Å². The van der Waals surface area contributed by atoms with Crippen LogP contribution in [-0.2, 0) is 0 Å². The van der Waals surface area contributed by atoms with Gasteiger partial charge in [0, 0.05) is 0 Å². The van der Waals surface area contributed by atoms with Crippen molar-refractivity contribution in [1.82, 2.24) is 0 Å². The van der Waals surface area contributed by atoms with Crippen LogP contribution in [0, 0.1) is 0 Å². The first-order valence-corrected chi connectivity index (χ1v) is 23.5. The topological polar surface area (TPSA) is 0 Å². The molecule has 1 aliphatic heterocycles. The zero-order valence-corrected chi connectivity index (χ0v) is 14.0. The van der Waals surface area contributed by atoms with Gasteiger partial charge >= 0.3 is 81.2 Å². The summed E-state index contributed by atoms with van der Waals surface area (Å²) < 4.78 is 0. The fourth-order valence-electron chi connectivity index (χ4n) is 1.50. The Morgan fingerprint density at radius 2 is 1.09 bits per heavy atom. The van der Waals surface area contributed by atoms with Crippen LogP contribution in [0.5, 0.6) is 0 Å². The zero-order valence-electron chi connectivity index (χ0n) is 8.32. The summed E-state index contributed by atoms with van der Waals surface area (Å²) in [6, 6.07) is 0. The van der Waals surface area contributed by atoms with Gasteiger partial charge in [-0.3, -0.25) is 0 Å². The Kier molecular flexibility index (Phi) is 2.77. The van der Waals surface area contributed by atoms with Gasteiger partial charge in [0.15, 0.2) is 0 Å². The minimum atomic E-state index is -1.33. The predicted octanol–water partition coefficient (Wildman–Crippen LogP) is 3.66. The first-order chi connectivity index (χ1) is 4.66. The molecule has 0 spiro atoms. The van der Waals surface area contributed by atoms with Crippen LogP contribution < -0.4 is 0 Å². The van der Waals surface area contributed by atoms with Gasteiger partial charge in [-0.25, -0.2) is 0 Å². The van der Waals surface area contributed by atoms with Gasteiger partial charge in [0.1, 0.15) is 0 Å². The summed E-state index contributed by atoms with van der Waals surface area (Å²) in [5, 5.41) is 0. The second-order valence-electron chi connectivity index (χ2n) is 4.62. The van der Waals surface area contributed by atoms with Crippen LogP contribution in [0.15, 0.2) is 0 Å². The molecule has 0 amide bonds. The van der Waals surface area contributed by atoms with Gasteiger partial charge in [-0.2, -0.15) is 0 Å². The van der Waals surface area contributed by atoms with E-state index in [4.69, 9.17) is 0 Å². The summed E-state index contributed by atoms with van der Waals surface area (Å²) >= 11 is 0. The van der Waals surface area contributed by atoms with Crippen molar-refractivity contribution in [3.05, 3.63) is 0 Å². The van der Waals surface area contributed by atoms with Crippen LogP contribution in [0.1, 0.15) is 0 Å². The predicted molar refractivity (Wildman–Crippen MR) is 67.6 cm³/mol. The third-order valence-electron chi connectivity index (χ3n) is 2.45. The van der Waals surface area contributed by atoms with Crippen molar-refractivity contribution in [2.45, 2.75) is 37.7 Å². The number of hydrogen-bond donors (Lipinski definition) is 0. The van der Waals surface area contributed by atoms with Crippen molar-refractivity contribution in [2.75, 3.05) is 0 Å². The Hall–Kier alpha value is 1.68. The van der Waals surface area contributed by atoms with Gasteiger partial charge < -0.3 is 0 Å². The molecule has 0 N–H and O–H groups in total. The molecule has 0 aromatic rings. The van der Waals surface area contributed by atoms with Crippen LogP contribution >= 0.6 is 19.1 Å². The van der Waals surface area contributed by atoms with E-state index in [1.165, 1.54) is 0 Å². The standard InChI is InChI=1S/C6H18GeS2Si2/c1-7(2)8-10(3,4)11(5,6)9-7/h1-6H3. The molecule has 0 aromatic heterocycles. The molecule has 11 heavy (non-hydrogen) atoms. The van der Waals surface area contributed by atoms with Crippen LogP contribution in [0.4, 0.5) is 0 Å². The molecule has 1 heterocycles. The first kappa shape index (κ1) is 10.8. The van der Waals surface area contributed by atoms with Crippen molar-refractivity contribution >= 4 is 43.5 Å². The molecule has 66 valence electrons. The van der Waals surface area contributed by atoms with Gasteiger partial charge in [0.2, 0.25) is 0 Å². The summed E-state index contributed by atoms with van der Waals surface area (Å²) in [5.74, 6) is 5.15. The third-order valence-corrected chi connectivity index (χ3v) is 87.6. The number of hydrogen-bond acceptors (Lipinski definition) is 2. The Labute approximate surface area is 80.8 Å². The van der Waals surface area contributed by atoms with Crippen LogP contribution in [0.25, 0.3) is 0 Å². The molecule has 0 radical (unpaired) electrons. The quantitative estimate of drug-likeness (QED) is 0.622. The second-order valence-corrected chi connectivity index (χ2v) is 53.6. The molecule has 1 fully saturated rings. The Balaban J connectivity index is 2.89. The van der Waals surface area contributed by atoms with E-state index in [-0.39, 0.29) is 0 Å². The molecule has 0 saturated carbocycles. The Morgan fingerprint density at radius 3 is 1.18 bits per heavy atom. The summed E-state index contributed by atoms with van der Waals surface area (Å²) in [5.41, 5.74) is 0. The molecule has 1 saturated heterocycles. The molecule has 0 bridgehead atoms. The fourth-order valence-corrected chi connectivity index (χ4v) is 163. The fraction of sp³-hybridized carbons (Fsp3) is 1.00. The van der Waals surface area contributed by atoms with E-state index in [1.54, 1.807) is 0 Å². The molecule has 5 heteroatoms. The molecule has 0 aliphatic carbocycles. The summed E-state index contributed by atoms with van der Waals surface area (Å²) in [6.45, 7) is 8.77. The molecule has 0 atom stereocenters. The van der Waals surface area contributed by atoms with Crippen molar-refractivity contribution in [3.63, 3.8) is 0 Å². The van der Waals surface area contributed by atoms with E-state index in [1.807, 2.05) is 0 Å². The molecule has 0 aromatic carbocycles. The average Bonchev–Trinajstić information content (AvgIpc) is 1.66. The minimum absolute atomic E-state index is 0.801. The summed E-state index contributed by atoms with van der Waals surface area (Å²) in [4.78, 5) is 0. The first-order valence-electron chi connectivity index (χ1n) is 4.07. The van der Waals surface area contributed by atoms with Crippen LogP contribution in [0.3, 0.4) is 0 Å². The molecule has 1 aliphatic rings. The van der Waals surface area contributed by atoms with E-state index in [0.717, 1.165) is 0 Å². The molecule has 0 nitrogen and oxygen atoms in total. The van der Waals surface area contributed by atoms with Gasteiger partial charge in [0.05, 0.1) is 0 Å². The molecule has 0 unspecified atom stereocenters. The van der Waals surface area contributed by atoms with Crippen molar-refractivity contribution in [1.29, 1.82) is 0 Å². The maximum absolute atomic E-state index is 2.59. The third kappa shape index (κ3) is 2.13. The summed E-state index contributed by atoms with van der Waals surface area (Å²) in [7, 11) is 3.63. The normalized spacial score (nSPS) is 32.2. The SMILES string of the molecule is C[Si]1(C)[S][Ge]([CH3])([CH3])[S][Si]1(C)C. The van der Waals surface area contributed by atoms with Gasteiger partial charge in [-0.1, -0.05) is 0 Å². The van der Waals surface area contributed by atoms with E-state index in [0.29, 0.717) is 0 Å². The molecule has 1 rings (SSSR count). The van der Waals surface area contributed by atoms with Crippen molar-refractivity contribution in [3.8, 4) is 0 Å². The van der Waals surface area contributed by atoms with Gasteiger partial charge in [-0.15, -0.1) is 0 Å². The zero-order chi connectivity index (χ0) is 8.91. The van der Waals surface area contributed by atoms with E-state index in [9.17, 15) is 0 Å². The second kappa shape index (κ2) is 2.83. The number of rotatable bonds is 0. The Bertz CT molecular complexity index is 161. The van der Waals surface area contributed by atoms with Crippen molar-refractivity contribution < 1.29 is 0 Å².